The fourth-order valence-corrected chi connectivity index (χ4v) is 5.49. The van der Waals surface area contributed by atoms with Crippen molar-refractivity contribution < 1.29 is 18.7 Å². The Labute approximate surface area is 233 Å². The smallest absolute Gasteiger partial charge is 0.253 e. The maximum atomic E-state index is 13.5. The lowest BCUT2D eigenvalue weighted by molar-refractivity contribution is 0.0681. The van der Waals surface area contributed by atoms with E-state index in [1.165, 1.54) is 12.1 Å². The minimum absolute atomic E-state index is 0.0394. The van der Waals surface area contributed by atoms with E-state index >= 15 is 0 Å². The molecule has 1 fully saturated rings. The largest absolute Gasteiger partial charge is 0.383 e. The van der Waals surface area contributed by atoms with E-state index in [9.17, 15) is 14.0 Å². The predicted molar refractivity (Wildman–Crippen MR) is 154 cm³/mol. The first-order valence-corrected chi connectivity index (χ1v) is 13.7. The standard InChI is InChI=1S/C32H35FN4O3/c1-21-18-26(33)8-9-27(21)24-4-6-25(7-5-24)32(39)36-15-12-23(13-16-36)19-37-20-29-22(2)28(10-11-30(29)35-37)31(38)34-14-17-40-3/h4-11,18,20,23H,12-17,19H2,1-3H3,(H,34,38). The molecule has 5 rings (SSSR count). The molecule has 1 aromatic heterocycles. The Morgan fingerprint density at radius 3 is 2.50 bits per heavy atom. The number of nitrogens with one attached hydrogen (secondary N) is 1. The summed E-state index contributed by atoms with van der Waals surface area (Å²) in [4.78, 5) is 27.7. The lowest BCUT2D eigenvalue weighted by Gasteiger charge is -2.32. The van der Waals surface area contributed by atoms with Crippen LogP contribution in [-0.4, -0.2) is 59.8 Å². The van der Waals surface area contributed by atoms with Crippen LogP contribution in [0.5, 0.6) is 0 Å². The van der Waals surface area contributed by atoms with Gasteiger partial charge in [0.2, 0.25) is 0 Å². The van der Waals surface area contributed by atoms with Crippen LogP contribution in [-0.2, 0) is 11.3 Å². The zero-order chi connectivity index (χ0) is 28.2. The van der Waals surface area contributed by atoms with Crippen LogP contribution in [0.2, 0.25) is 0 Å². The second kappa shape index (κ2) is 12.0. The van der Waals surface area contributed by atoms with Crippen LogP contribution in [0.1, 0.15) is 44.7 Å². The van der Waals surface area contributed by atoms with Crippen molar-refractivity contribution in [3.05, 3.63) is 88.9 Å². The van der Waals surface area contributed by atoms with Crippen molar-refractivity contribution in [3.8, 4) is 11.1 Å². The minimum atomic E-state index is -0.250. The maximum Gasteiger partial charge on any atom is 0.253 e. The van der Waals surface area contributed by atoms with Crippen molar-refractivity contribution in [1.82, 2.24) is 20.0 Å². The molecule has 1 N–H and O–H groups in total. The fraction of sp³-hybridized carbons (Fsp3) is 0.344. The molecule has 0 spiro atoms. The van der Waals surface area contributed by atoms with E-state index in [4.69, 9.17) is 9.84 Å². The van der Waals surface area contributed by atoms with Gasteiger partial charge in [-0.15, -0.1) is 0 Å². The van der Waals surface area contributed by atoms with Crippen LogP contribution in [0, 0.1) is 25.6 Å². The number of amides is 2. The summed E-state index contributed by atoms with van der Waals surface area (Å²) in [6.07, 6.45) is 3.83. The summed E-state index contributed by atoms with van der Waals surface area (Å²) in [5.74, 6) is 0.0957. The summed E-state index contributed by atoms with van der Waals surface area (Å²) >= 11 is 0. The van der Waals surface area contributed by atoms with Gasteiger partial charge in [0, 0.05) is 56.0 Å². The summed E-state index contributed by atoms with van der Waals surface area (Å²) in [7, 11) is 1.61. The molecule has 4 aromatic rings. The first kappa shape index (κ1) is 27.5. The topological polar surface area (TPSA) is 76.5 Å². The molecule has 40 heavy (non-hydrogen) atoms. The number of likely N-dealkylation sites (tertiary alicyclic amines) is 1. The van der Waals surface area contributed by atoms with Crippen molar-refractivity contribution >= 4 is 22.7 Å². The fourth-order valence-electron chi connectivity index (χ4n) is 5.49. The lowest BCUT2D eigenvalue weighted by Crippen LogP contribution is -2.39. The number of halogens is 1. The van der Waals surface area contributed by atoms with Crippen molar-refractivity contribution in [2.45, 2.75) is 33.2 Å². The number of benzene rings is 3. The monoisotopic (exact) mass is 542 g/mol. The van der Waals surface area contributed by atoms with Gasteiger partial charge in [-0.1, -0.05) is 18.2 Å². The van der Waals surface area contributed by atoms with Crippen LogP contribution in [0.25, 0.3) is 22.0 Å². The predicted octanol–water partition coefficient (Wildman–Crippen LogP) is 5.39. The van der Waals surface area contributed by atoms with Gasteiger partial charge in [0.15, 0.2) is 0 Å². The molecule has 2 heterocycles. The van der Waals surface area contributed by atoms with Gasteiger partial charge < -0.3 is 15.0 Å². The first-order chi connectivity index (χ1) is 19.3. The molecular formula is C32H35FN4O3. The molecule has 3 aromatic carbocycles. The van der Waals surface area contributed by atoms with Gasteiger partial charge in [-0.05, 0) is 91.3 Å². The molecule has 0 atom stereocenters. The summed E-state index contributed by atoms with van der Waals surface area (Å²) < 4.78 is 20.5. The molecular weight excluding hydrogens is 507 g/mol. The quantitative estimate of drug-likeness (QED) is 0.303. The molecule has 8 heteroatoms. The molecule has 0 radical (unpaired) electrons. The molecule has 1 aliphatic heterocycles. The Balaban J connectivity index is 1.18. The number of hydrogen-bond donors (Lipinski definition) is 1. The molecule has 7 nitrogen and oxygen atoms in total. The zero-order valence-corrected chi connectivity index (χ0v) is 23.2. The Bertz CT molecular complexity index is 1520. The van der Waals surface area contributed by atoms with Gasteiger partial charge in [0.1, 0.15) is 5.82 Å². The van der Waals surface area contributed by atoms with Crippen LogP contribution in [0.3, 0.4) is 0 Å². The third-order valence-electron chi connectivity index (χ3n) is 7.82. The van der Waals surface area contributed by atoms with E-state index in [-0.39, 0.29) is 17.6 Å². The molecule has 0 aliphatic carbocycles. The van der Waals surface area contributed by atoms with Gasteiger partial charge >= 0.3 is 0 Å². The zero-order valence-electron chi connectivity index (χ0n) is 23.2. The van der Waals surface area contributed by atoms with E-state index in [0.717, 1.165) is 52.5 Å². The summed E-state index contributed by atoms with van der Waals surface area (Å²) in [5, 5.41) is 8.61. The number of hydrogen-bond acceptors (Lipinski definition) is 4. The highest BCUT2D eigenvalue weighted by Gasteiger charge is 2.24. The number of fused-ring (bicyclic) bond motifs is 1. The second-order valence-electron chi connectivity index (χ2n) is 10.5. The first-order valence-electron chi connectivity index (χ1n) is 13.7. The van der Waals surface area contributed by atoms with Crippen LogP contribution < -0.4 is 5.32 Å². The summed E-state index contributed by atoms with van der Waals surface area (Å²) in [6, 6.07) is 16.1. The van der Waals surface area contributed by atoms with Gasteiger partial charge in [0.25, 0.3) is 11.8 Å². The highest BCUT2D eigenvalue weighted by molar-refractivity contribution is 6.00. The lowest BCUT2D eigenvalue weighted by atomic mass is 9.95. The Kier molecular flexibility index (Phi) is 8.26. The van der Waals surface area contributed by atoms with Crippen molar-refractivity contribution in [2.24, 2.45) is 5.92 Å². The van der Waals surface area contributed by atoms with E-state index < -0.39 is 0 Å². The molecule has 208 valence electrons. The van der Waals surface area contributed by atoms with E-state index in [0.29, 0.717) is 43.3 Å². The number of carbonyl (C=O) groups is 2. The normalized spacial score (nSPS) is 14.1. The van der Waals surface area contributed by atoms with E-state index in [1.54, 1.807) is 13.2 Å². The average Bonchev–Trinajstić information content (AvgIpc) is 3.37. The molecule has 2 amide bonds. The molecule has 0 saturated carbocycles. The number of piperidine rings is 1. The molecule has 0 unspecified atom stereocenters. The van der Waals surface area contributed by atoms with Gasteiger partial charge in [-0.3, -0.25) is 14.3 Å². The van der Waals surface area contributed by atoms with Gasteiger partial charge in [-0.2, -0.15) is 5.10 Å². The number of aryl methyl sites for hydroxylation is 2. The van der Waals surface area contributed by atoms with Gasteiger partial charge in [0.05, 0.1) is 12.1 Å². The molecule has 0 bridgehead atoms. The number of nitrogens with zero attached hydrogens (tertiary/aromatic N) is 3. The molecule has 1 aliphatic rings. The Morgan fingerprint density at radius 2 is 1.80 bits per heavy atom. The Hall–Kier alpha value is -4.04. The third kappa shape index (κ3) is 5.92. The summed E-state index contributed by atoms with van der Waals surface area (Å²) in [5.41, 5.74) is 5.90. The number of carbonyl (C=O) groups excluding carboxylic acids is 2. The highest BCUT2D eigenvalue weighted by Crippen LogP contribution is 2.27. The van der Waals surface area contributed by atoms with Gasteiger partial charge in [-0.25, -0.2) is 4.39 Å². The minimum Gasteiger partial charge on any atom is -0.383 e. The third-order valence-corrected chi connectivity index (χ3v) is 7.82. The molecule has 1 saturated heterocycles. The van der Waals surface area contributed by atoms with Crippen LogP contribution in [0.4, 0.5) is 4.39 Å². The number of ether oxygens (including phenoxy) is 1. The van der Waals surface area contributed by atoms with E-state index in [2.05, 4.69) is 5.32 Å². The number of methoxy groups -OCH3 is 1. The highest BCUT2D eigenvalue weighted by atomic mass is 19.1. The van der Waals surface area contributed by atoms with Crippen molar-refractivity contribution in [3.63, 3.8) is 0 Å². The second-order valence-corrected chi connectivity index (χ2v) is 10.5. The summed E-state index contributed by atoms with van der Waals surface area (Å²) in [6.45, 7) is 6.96. The number of rotatable bonds is 8. The van der Waals surface area contributed by atoms with E-state index in [1.807, 2.05) is 66.0 Å². The Morgan fingerprint density at radius 1 is 1.05 bits per heavy atom. The maximum absolute atomic E-state index is 13.5. The SMILES string of the molecule is COCCNC(=O)c1ccc2nn(CC3CCN(C(=O)c4ccc(-c5ccc(F)cc5C)cc4)CC3)cc2c1C. The average molecular weight is 543 g/mol. The van der Waals surface area contributed by atoms with Crippen LogP contribution >= 0.6 is 0 Å². The van der Waals surface area contributed by atoms with Crippen molar-refractivity contribution in [2.75, 3.05) is 33.4 Å². The van der Waals surface area contributed by atoms with Crippen molar-refractivity contribution in [1.29, 1.82) is 0 Å². The number of aromatic nitrogens is 2. The van der Waals surface area contributed by atoms with Crippen LogP contribution in [0.15, 0.2) is 60.8 Å².